The zero-order valence-electron chi connectivity index (χ0n) is 16.4. The van der Waals surface area contributed by atoms with Gasteiger partial charge >= 0.3 is 0 Å². The Morgan fingerprint density at radius 2 is 1.83 bits per heavy atom. The van der Waals surface area contributed by atoms with Gasteiger partial charge in [0.05, 0.1) is 5.75 Å². The molecule has 1 amide bonds. The lowest BCUT2D eigenvalue weighted by Crippen LogP contribution is -2.56. The van der Waals surface area contributed by atoms with Crippen molar-refractivity contribution in [3.8, 4) is 0 Å². The van der Waals surface area contributed by atoms with Crippen LogP contribution in [0.15, 0.2) is 21.7 Å². The Balaban J connectivity index is 1.89. The lowest BCUT2D eigenvalue weighted by Gasteiger charge is -2.32. The number of nitrogens with one attached hydrogen (secondary N) is 1. The van der Waals surface area contributed by atoms with E-state index in [4.69, 9.17) is 5.73 Å². The summed E-state index contributed by atoms with van der Waals surface area (Å²) in [6.45, 7) is 1.63. The number of thiophene rings is 1. The number of sulfonamides is 2. The van der Waals surface area contributed by atoms with E-state index in [9.17, 15) is 21.6 Å². The van der Waals surface area contributed by atoms with E-state index in [2.05, 4.69) is 5.32 Å². The topological polar surface area (TPSA) is 130 Å². The highest BCUT2D eigenvalue weighted by molar-refractivity contribution is 7.91. The third-order valence-corrected chi connectivity index (χ3v) is 10.6. The van der Waals surface area contributed by atoms with Gasteiger partial charge in [0.25, 0.3) is 15.9 Å². The molecule has 0 spiro atoms. The average molecular weight is 465 g/mol. The molecule has 12 heteroatoms. The van der Waals surface area contributed by atoms with Crippen LogP contribution in [0.5, 0.6) is 0 Å². The van der Waals surface area contributed by atoms with E-state index in [0.717, 1.165) is 32.8 Å². The molecule has 0 aromatic carbocycles. The second-order valence-corrected chi connectivity index (χ2v) is 12.6. The molecule has 29 heavy (non-hydrogen) atoms. The van der Waals surface area contributed by atoms with Gasteiger partial charge in [0.1, 0.15) is 4.21 Å². The highest BCUT2D eigenvalue weighted by Crippen LogP contribution is 2.29. The summed E-state index contributed by atoms with van der Waals surface area (Å²) in [5.41, 5.74) is 5.91. The van der Waals surface area contributed by atoms with Crippen molar-refractivity contribution in [1.82, 2.24) is 13.9 Å². The van der Waals surface area contributed by atoms with Crippen LogP contribution >= 0.6 is 11.3 Å². The molecule has 0 radical (unpaired) electrons. The predicted molar refractivity (Wildman–Crippen MR) is 111 cm³/mol. The van der Waals surface area contributed by atoms with E-state index in [-0.39, 0.29) is 35.1 Å². The molecule has 1 saturated carbocycles. The SMILES string of the molecule is CCCS(=O)(=O)N1CCN(S(=O)(=O)c2cccs2)C1C(=O)NC1CCC(N)CC1. The van der Waals surface area contributed by atoms with Gasteiger partial charge in [0.15, 0.2) is 6.17 Å². The summed E-state index contributed by atoms with van der Waals surface area (Å²) in [7, 11) is -7.75. The normalized spacial score (nSPS) is 27.2. The van der Waals surface area contributed by atoms with Crippen LogP contribution < -0.4 is 11.1 Å². The first-order chi connectivity index (χ1) is 13.7. The first kappa shape index (κ1) is 22.6. The fourth-order valence-electron chi connectivity index (χ4n) is 3.83. The van der Waals surface area contributed by atoms with Crippen LogP contribution in [0.1, 0.15) is 39.0 Å². The zero-order chi connectivity index (χ0) is 21.2. The monoisotopic (exact) mass is 464 g/mol. The Bertz CT molecular complexity index is 909. The molecule has 2 fully saturated rings. The Hall–Kier alpha value is -1.05. The molecular formula is C17H28N4O5S3. The highest BCUT2D eigenvalue weighted by Gasteiger charge is 2.49. The van der Waals surface area contributed by atoms with Crippen molar-refractivity contribution >= 4 is 37.3 Å². The Kier molecular flexibility index (Phi) is 7.01. The molecule has 3 rings (SSSR count). The molecule has 1 unspecified atom stereocenters. The van der Waals surface area contributed by atoms with E-state index in [0.29, 0.717) is 19.3 Å². The van der Waals surface area contributed by atoms with Gasteiger partial charge in [-0.15, -0.1) is 11.3 Å². The zero-order valence-corrected chi connectivity index (χ0v) is 18.8. The molecule has 1 aromatic rings. The molecule has 1 saturated heterocycles. The molecule has 2 aliphatic rings. The number of carbonyl (C=O) groups is 1. The van der Waals surface area contributed by atoms with Crippen molar-refractivity contribution < 1.29 is 21.6 Å². The van der Waals surface area contributed by atoms with Crippen LogP contribution in [-0.4, -0.2) is 68.4 Å². The molecule has 3 N–H and O–H groups in total. The summed E-state index contributed by atoms with van der Waals surface area (Å²) in [5.74, 6) is -0.732. The predicted octanol–water partition coefficient (Wildman–Crippen LogP) is 0.506. The molecule has 1 aliphatic carbocycles. The summed E-state index contributed by atoms with van der Waals surface area (Å²) in [6.07, 6.45) is 1.90. The molecular weight excluding hydrogens is 436 g/mol. The average Bonchev–Trinajstić information content (AvgIpc) is 3.34. The summed E-state index contributed by atoms with van der Waals surface area (Å²) in [6, 6.07) is 3.04. The third-order valence-electron chi connectivity index (χ3n) is 5.32. The summed E-state index contributed by atoms with van der Waals surface area (Å²) in [5, 5.41) is 4.50. The van der Waals surface area contributed by atoms with Gasteiger partial charge in [-0.2, -0.15) is 8.61 Å². The van der Waals surface area contributed by atoms with Crippen LogP contribution in [0.4, 0.5) is 0 Å². The van der Waals surface area contributed by atoms with E-state index in [1.807, 2.05) is 0 Å². The molecule has 1 aliphatic heterocycles. The Morgan fingerprint density at radius 3 is 2.41 bits per heavy atom. The van der Waals surface area contributed by atoms with Crippen molar-refractivity contribution in [2.45, 2.75) is 61.5 Å². The highest BCUT2D eigenvalue weighted by atomic mass is 32.2. The number of nitrogens with two attached hydrogens (primary N) is 1. The Labute approximate surface area is 176 Å². The van der Waals surface area contributed by atoms with Crippen molar-refractivity contribution in [1.29, 1.82) is 0 Å². The fourth-order valence-corrected chi connectivity index (χ4v) is 8.18. The van der Waals surface area contributed by atoms with Crippen molar-refractivity contribution in [3.05, 3.63) is 17.5 Å². The number of nitrogens with zero attached hydrogens (tertiary/aromatic N) is 2. The van der Waals surface area contributed by atoms with E-state index < -0.39 is 32.1 Å². The molecule has 1 atom stereocenters. The maximum Gasteiger partial charge on any atom is 0.254 e. The molecule has 2 heterocycles. The largest absolute Gasteiger partial charge is 0.351 e. The minimum Gasteiger partial charge on any atom is -0.351 e. The van der Waals surface area contributed by atoms with Gasteiger partial charge < -0.3 is 11.1 Å². The summed E-state index contributed by atoms with van der Waals surface area (Å²) in [4.78, 5) is 13.1. The number of hydrogen-bond acceptors (Lipinski definition) is 7. The van der Waals surface area contributed by atoms with E-state index in [1.54, 1.807) is 18.4 Å². The molecule has 0 bridgehead atoms. The number of hydrogen-bond donors (Lipinski definition) is 2. The van der Waals surface area contributed by atoms with Gasteiger partial charge in [-0.05, 0) is 43.6 Å². The van der Waals surface area contributed by atoms with Crippen LogP contribution in [-0.2, 0) is 24.8 Å². The summed E-state index contributed by atoms with van der Waals surface area (Å²) < 4.78 is 53.8. The van der Waals surface area contributed by atoms with Gasteiger partial charge in [-0.3, -0.25) is 4.79 Å². The lowest BCUT2D eigenvalue weighted by molar-refractivity contribution is -0.127. The van der Waals surface area contributed by atoms with Crippen LogP contribution in [0.25, 0.3) is 0 Å². The van der Waals surface area contributed by atoms with Crippen LogP contribution in [0.2, 0.25) is 0 Å². The minimum atomic E-state index is -3.98. The smallest absolute Gasteiger partial charge is 0.254 e. The number of amides is 1. The quantitative estimate of drug-likeness (QED) is 0.605. The first-order valence-corrected chi connectivity index (χ1v) is 13.7. The molecule has 1 aromatic heterocycles. The standard InChI is InChI=1S/C17H28N4O5S3/c1-2-12-28(23,24)20-9-10-21(29(25,26)15-4-3-11-27-15)17(20)16(22)19-14-7-5-13(18)6-8-14/h3-4,11,13-14,17H,2,5-10,12,18H2,1H3,(H,19,22). The van der Waals surface area contributed by atoms with Gasteiger partial charge in [-0.1, -0.05) is 13.0 Å². The maximum atomic E-state index is 13.1. The van der Waals surface area contributed by atoms with E-state index >= 15 is 0 Å². The summed E-state index contributed by atoms with van der Waals surface area (Å²) >= 11 is 1.04. The second kappa shape index (κ2) is 8.98. The molecule has 164 valence electrons. The van der Waals surface area contributed by atoms with Gasteiger partial charge in [0.2, 0.25) is 10.0 Å². The van der Waals surface area contributed by atoms with Gasteiger partial charge in [0, 0.05) is 25.2 Å². The van der Waals surface area contributed by atoms with Crippen molar-refractivity contribution in [2.75, 3.05) is 18.8 Å². The Morgan fingerprint density at radius 1 is 1.17 bits per heavy atom. The molecule has 9 nitrogen and oxygen atoms in total. The van der Waals surface area contributed by atoms with Crippen LogP contribution in [0.3, 0.4) is 0 Å². The minimum absolute atomic E-state index is 0.0411. The van der Waals surface area contributed by atoms with Gasteiger partial charge in [-0.25, -0.2) is 16.8 Å². The second-order valence-electron chi connectivity index (χ2n) is 7.47. The lowest BCUT2D eigenvalue weighted by atomic mass is 9.92. The maximum absolute atomic E-state index is 13.1. The van der Waals surface area contributed by atoms with Crippen molar-refractivity contribution in [2.24, 2.45) is 5.73 Å². The van der Waals surface area contributed by atoms with Crippen LogP contribution in [0, 0.1) is 0 Å². The van der Waals surface area contributed by atoms with E-state index in [1.165, 1.54) is 6.07 Å². The number of carbonyl (C=O) groups excluding carboxylic acids is 1. The number of rotatable bonds is 7. The third kappa shape index (κ3) is 4.83. The fraction of sp³-hybridized carbons (Fsp3) is 0.706. The van der Waals surface area contributed by atoms with Crippen molar-refractivity contribution in [3.63, 3.8) is 0 Å². The first-order valence-electron chi connectivity index (χ1n) is 9.77.